The smallest absolute Gasteiger partial charge is 0.246 e. The Kier molecular flexibility index (Phi) is 5.52. The molecular weight excluding hydrogens is 262 g/mol. The Hall–Kier alpha value is -2.13. The lowest BCUT2D eigenvalue weighted by atomic mass is 10.0. The SMILES string of the molecule is CCOCC(=O)N[C@H](C)c1ccc(-c2ccccc2)cc1. The van der Waals surface area contributed by atoms with Gasteiger partial charge in [0.1, 0.15) is 6.61 Å². The molecule has 0 aliphatic carbocycles. The maximum absolute atomic E-state index is 11.6. The second-order valence-corrected chi connectivity index (χ2v) is 4.91. The third kappa shape index (κ3) is 4.43. The van der Waals surface area contributed by atoms with Gasteiger partial charge in [0.05, 0.1) is 6.04 Å². The van der Waals surface area contributed by atoms with Crippen LogP contribution in [0.1, 0.15) is 25.5 Å². The highest BCUT2D eigenvalue weighted by atomic mass is 16.5. The van der Waals surface area contributed by atoms with Crippen LogP contribution < -0.4 is 5.32 Å². The van der Waals surface area contributed by atoms with Gasteiger partial charge in [-0.3, -0.25) is 4.79 Å². The fraction of sp³-hybridized carbons (Fsp3) is 0.278. The Morgan fingerprint density at radius 1 is 1.05 bits per heavy atom. The zero-order valence-corrected chi connectivity index (χ0v) is 12.5. The average Bonchev–Trinajstić information content (AvgIpc) is 2.54. The normalized spacial score (nSPS) is 11.9. The van der Waals surface area contributed by atoms with Crippen molar-refractivity contribution >= 4 is 5.91 Å². The van der Waals surface area contributed by atoms with Gasteiger partial charge in [-0.25, -0.2) is 0 Å². The number of nitrogens with one attached hydrogen (secondary N) is 1. The monoisotopic (exact) mass is 283 g/mol. The first-order valence-corrected chi connectivity index (χ1v) is 7.23. The minimum atomic E-state index is -0.0866. The van der Waals surface area contributed by atoms with Crippen molar-refractivity contribution in [1.29, 1.82) is 0 Å². The first-order chi connectivity index (χ1) is 10.2. The summed E-state index contributed by atoms with van der Waals surface area (Å²) in [5.41, 5.74) is 3.45. The van der Waals surface area contributed by atoms with E-state index in [0.29, 0.717) is 6.61 Å². The predicted molar refractivity (Wildman–Crippen MR) is 84.9 cm³/mol. The van der Waals surface area contributed by atoms with E-state index >= 15 is 0 Å². The molecule has 0 spiro atoms. The number of rotatable bonds is 6. The number of amides is 1. The number of ether oxygens (including phenoxy) is 1. The minimum absolute atomic E-state index is 0.0252. The van der Waals surface area contributed by atoms with Crippen LogP contribution in [0.5, 0.6) is 0 Å². The summed E-state index contributed by atoms with van der Waals surface area (Å²) < 4.78 is 5.10. The van der Waals surface area contributed by atoms with E-state index in [9.17, 15) is 4.79 Å². The van der Waals surface area contributed by atoms with Gasteiger partial charge in [0.25, 0.3) is 0 Å². The van der Waals surface area contributed by atoms with E-state index in [-0.39, 0.29) is 18.6 Å². The summed E-state index contributed by atoms with van der Waals surface area (Å²) in [6.07, 6.45) is 0. The van der Waals surface area contributed by atoms with Crippen LogP contribution in [0.4, 0.5) is 0 Å². The fourth-order valence-electron chi connectivity index (χ4n) is 2.16. The molecular formula is C18H21NO2. The first kappa shape index (κ1) is 15.3. The topological polar surface area (TPSA) is 38.3 Å². The van der Waals surface area contributed by atoms with Gasteiger partial charge in [-0.05, 0) is 30.5 Å². The van der Waals surface area contributed by atoms with Crippen molar-refractivity contribution < 1.29 is 9.53 Å². The highest BCUT2D eigenvalue weighted by Gasteiger charge is 2.09. The Labute approximate surface area is 126 Å². The summed E-state index contributed by atoms with van der Waals surface area (Å²) in [6.45, 7) is 4.51. The molecule has 1 atom stereocenters. The molecule has 0 heterocycles. The summed E-state index contributed by atoms with van der Waals surface area (Å²) in [5.74, 6) is -0.0866. The molecule has 1 amide bonds. The summed E-state index contributed by atoms with van der Waals surface area (Å²) in [5, 5.41) is 2.93. The van der Waals surface area contributed by atoms with Crippen LogP contribution in [0, 0.1) is 0 Å². The van der Waals surface area contributed by atoms with Crippen LogP contribution in [0.15, 0.2) is 54.6 Å². The second-order valence-electron chi connectivity index (χ2n) is 4.91. The van der Waals surface area contributed by atoms with Crippen LogP contribution in [0.2, 0.25) is 0 Å². The first-order valence-electron chi connectivity index (χ1n) is 7.23. The number of carbonyl (C=O) groups excluding carboxylic acids is 1. The second kappa shape index (κ2) is 7.60. The molecule has 0 radical (unpaired) electrons. The van der Waals surface area contributed by atoms with E-state index < -0.39 is 0 Å². The van der Waals surface area contributed by atoms with Crippen LogP contribution in [-0.4, -0.2) is 19.1 Å². The van der Waals surface area contributed by atoms with E-state index in [1.165, 1.54) is 11.1 Å². The molecule has 0 aromatic heterocycles. The van der Waals surface area contributed by atoms with Crippen LogP contribution in [-0.2, 0) is 9.53 Å². The molecule has 0 aliphatic rings. The summed E-state index contributed by atoms with van der Waals surface area (Å²) in [6, 6.07) is 18.5. The molecule has 1 N–H and O–H groups in total. The molecule has 0 bridgehead atoms. The standard InChI is InChI=1S/C18H21NO2/c1-3-21-13-18(20)19-14(2)15-9-11-17(12-10-15)16-7-5-4-6-8-16/h4-12,14H,3,13H2,1-2H3,(H,19,20)/t14-/m1/s1. The van der Waals surface area contributed by atoms with Crippen molar-refractivity contribution in [3.05, 3.63) is 60.2 Å². The summed E-state index contributed by atoms with van der Waals surface area (Å²) in [7, 11) is 0. The molecule has 21 heavy (non-hydrogen) atoms. The molecule has 3 heteroatoms. The summed E-state index contributed by atoms with van der Waals surface area (Å²) in [4.78, 5) is 11.6. The zero-order valence-electron chi connectivity index (χ0n) is 12.5. The van der Waals surface area contributed by atoms with E-state index in [0.717, 1.165) is 5.56 Å². The molecule has 2 rings (SSSR count). The maximum atomic E-state index is 11.6. The van der Waals surface area contributed by atoms with E-state index in [2.05, 4.69) is 29.6 Å². The van der Waals surface area contributed by atoms with Gasteiger partial charge in [0, 0.05) is 6.61 Å². The molecule has 0 aliphatic heterocycles. The van der Waals surface area contributed by atoms with Crippen LogP contribution in [0.25, 0.3) is 11.1 Å². The lowest BCUT2D eigenvalue weighted by Crippen LogP contribution is -2.30. The van der Waals surface area contributed by atoms with Gasteiger partial charge >= 0.3 is 0 Å². The van der Waals surface area contributed by atoms with Crippen molar-refractivity contribution in [2.45, 2.75) is 19.9 Å². The van der Waals surface area contributed by atoms with Gasteiger partial charge in [-0.2, -0.15) is 0 Å². The van der Waals surface area contributed by atoms with E-state index in [1.807, 2.05) is 44.2 Å². The fourth-order valence-corrected chi connectivity index (χ4v) is 2.16. The lowest BCUT2D eigenvalue weighted by Gasteiger charge is -2.15. The minimum Gasteiger partial charge on any atom is -0.372 e. The van der Waals surface area contributed by atoms with Gasteiger partial charge < -0.3 is 10.1 Å². The average molecular weight is 283 g/mol. The molecule has 110 valence electrons. The molecule has 2 aromatic carbocycles. The van der Waals surface area contributed by atoms with Gasteiger partial charge in [-0.1, -0.05) is 54.6 Å². The number of carbonyl (C=O) groups is 1. The Morgan fingerprint density at radius 2 is 1.67 bits per heavy atom. The molecule has 0 unspecified atom stereocenters. The zero-order chi connectivity index (χ0) is 15.1. The van der Waals surface area contributed by atoms with Crippen molar-refractivity contribution in [2.24, 2.45) is 0 Å². The van der Waals surface area contributed by atoms with E-state index in [4.69, 9.17) is 4.74 Å². The number of hydrogen-bond donors (Lipinski definition) is 1. The lowest BCUT2D eigenvalue weighted by molar-refractivity contribution is -0.126. The van der Waals surface area contributed by atoms with E-state index in [1.54, 1.807) is 0 Å². The Morgan fingerprint density at radius 3 is 2.29 bits per heavy atom. The number of benzene rings is 2. The quantitative estimate of drug-likeness (QED) is 0.880. The van der Waals surface area contributed by atoms with Crippen molar-refractivity contribution in [2.75, 3.05) is 13.2 Å². The van der Waals surface area contributed by atoms with Crippen LogP contribution >= 0.6 is 0 Å². The number of hydrogen-bond acceptors (Lipinski definition) is 2. The van der Waals surface area contributed by atoms with Gasteiger partial charge in [0.15, 0.2) is 0 Å². The molecule has 2 aromatic rings. The highest BCUT2D eigenvalue weighted by molar-refractivity contribution is 5.77. The third-order valence-corrected chi connectivity index (χ3v) is 3.33. The Bertz CT molecular complexity index is 564. The van der Waals surface area contributed by atoms with Crippen LogP contribution in [0.3, 0.4) is 0 Å². The largest absolute Gasteiger partial charge is 0.372 e. The van der Waals surface area contributed by atoms with Crippen molar-refractivity contribution in [3.8, 4) is 11.1 Å². The summed E-state index contributed by atoms with van der Waals surface area (Å²) >= 11 is 0. The molecule has 0 fully saturated rings. The maximum Gasteiger partial charge on any atom is 0.246 e. The highest BCUT2D eigenvalue weighted by Crippen LogP contribution is 2.21. The molecule has 3 nitrogen and oxygen atoms in total. The third-order valence-electron chi connectivity index (χ3n) is 3.33. The Balaban J connectivity index is 2.00. The predicted octanol–water partition coefficient (Wildman–Crippen LogP) is 3.57. The van der Waals surface area contributed by atoms with Crippen molar-refractivity contribution in [1.82, 2.24) is 5.32 Å². The molecule has 0 saturated carbocycles. The van der Waals surface area contributed by atoms with Gasteiger partial charge in [0.2, 0.25) is 5.91 Å². The molecule has 0 saturated heterocycles. The van der Waals surface area contributed by atoms with Crippen molar-refractivity contribution in [3.63, 3.8) is 0 Å². The van der Waals surface area contributed by atoms with Gasteiger partial charge in [-0.15, -0.1) is 0 Å².